The van der Waals surface area contributed by atoms with E-state index in [0.29, 0.717) is 17.8 Å². The lowest BCUT2D eigenvalue weighted by Gasteiger charge is -2.22. The average molecular weight is 469 g/mol. The Labute approximate surface area is 194 Å². The van der Waals surface area contributed by atoms with Gasteiger partial charge in [-0.25, -0.2) is 8.42 Å². The maximum absolute atomic E-state index is 12.4. The summed E-state index contributed by atoms with van der Waals surface area (Å²) in [5, 5.41) is 2.94. The molecule has 1 amide bonds. The summed E-state index contributed by atoms with van der Waals surface area (Å²) < 4.78 is 25.9. The van der Waals surface area contributed by atoms with Gasteiger partial charge in [0.15, 0.2) is 0 Å². The Morgan fingerprint density at radius 3 is 2.16 bits per heavy atom. The van der Waals surface area contributed by atoms with E-state index in [9.17, 15) is 13.2 Å². The number of aryl methyl sites for hydroxylation is 1. The van der Waals surface area contributed by atoms with Crippen LogP contribution in [0.15, 0.2) is 78.9 Å². The standard InChI is InChI=1S/C25H28N2O3S2/c1-20-8-10-22(11-9-20)19-31-17-16-26-25(28)23-14-12-21(13-15-23)18-27(32(2,29)30)24-6-4-3-5-7-24/h3-15H,16-19H2,1-2H3,(H,26,28). The molecule has 0 saturated carbocycles. The fraction of sp³-hybridized carbons (Fsp3) is 0.240. The minimum Gasteiger partial charge on any atom is -0.351 e. The summed E-state index contributed by atoms with van der Waals surface area (Å²) in [6, 6.07) is 24.5. The molecular formula is C25H28N2O3S2. The van der Waals surface area contributed by atoms with Gasteiger partial charge in [0.05, 0.1) is 18.5 Å². The molecule has 3 aromatic carbocycles. The quantitative estimate of drug-likeness (QED) is 0.441. The van der Waals surface area contributed by atoms with Crippen LogP contribution in [0, 0.1) is 6.92 Å². The first-order valence-electron chi connectivity index (χ1n) is 10.4. The number of carbonyl (C=O) groups excluding carboxylic acids is 1. The first-order valence-corrected chi connectivity index (χ1v) is 13.4. The number of hydrogen-bond acceptors (Lipinski definition) is 4. The third kappa shape index (κ3) is 7.14. The van der Waals surface area contributed by atoms with Crippen LogP contribution in [-0.4, -0.2) is 32.9 Å². The largest absolute Gasteiger partial charge is 0.351 e. The molecule has 0 heterocycles. The number of nitrogens with zero attached hydrogens (tertiary/aromatic N) is 1. The normalized spacial score (nSPS) is 11.2. The van der Waals surface area contributed by atoms with Crippen molar-refractivity contribution in [2.75, 3.05) is 22.9 Å². The number of thioether (sulfide) groups is 1. The van der Waals surface area contributed by atoms with E-state index in [1.807, 2.05) is 6.07 Å². The summed E-state index contributed by atoms with van der Waals surface area (Å²) in [4.78, 5) is 12.4. The van der Waals surface area contributed by atoms with E-state index in [2.05, 4.69) is 36.5 Å². The summed E-state index contributed by atoms with van der Waals surface area (Å²) in [7, 11) is -3.43. The molecule has 0 spiro atoms. The Balaban J connectivity index is 1.49. The topological polar surface area (TPSA) is 66.5 Å². The van der Waals surface area contributed by atoms with Crippen LogP contribution >= 0.6 is 11.8 Å². The van der Waals surface area contributed by atoms with Crippen LogP contribution in [0.5, 0.6) is 0 Å². The summed E-state index contributed by atoms with van der Waals surface area (Å²) in [5.41, 5.74) is 4.51. The Bertz CT molecular complexity index is 1110. The van der Waals surface area contributed by atoms with Gasteiger partial charge in [-0.05, 0) is 42.3 Å². The molecule has 0 aliphatic carbocycles. The SMILES string of the molecule is Cc1ccc(CSCCNC(=O)c2ccc(CN(c3ccccc3)S(C)(=O)=O)cc2)cc1. The zero-order valence-electron chi connectivity index (χ0n) is 18.3. The number of anilines is 1. The zero-order chi connectivity index (χ0) is 23.0. The third-order valence-electron chi connectivity index (χ3n) is 4.91. The molecular weight excluding hydrogens is 440 g/mol. The first kappa shape index (κ1) is 23.9. The predicted octanol–water partition coefficient (Wildman–Crippen LogP) is 4.62. The van der Waals surface area contributed by atoms with E-state index in [0.717, 1.165) is 17.1 Å². The molecule has 0 saturated heterocycles. The molecule has 0 unspecified atom stereocenters. The van der Waals surface area contributed by atoms with Gasteiger partial charge in [0.25, 0.3) is 5.91 Å². The summed E-state index contributed by atoms with van der Waals surface area (Å²) in [6.45, 7) is 2.87. The van der Waals surface area contributed by atoms with Crippen molar-refractivity contribution in [1.82, 2.24) is 5.32 Å². The molecule has 3 rings (SSSR count). The number of amides is 1. The summed E-state index contributed by atoms with van der Waals surface area (Å²) >= 11 is 1.78. The molecule has 168 valence electrons. The van der Waals surface area contributed by atoms with Gasteiger partial charge < -0.3 is 5.32 Å². The van der Waals surface area contributed by atoms with Crippen LogP contribution in [0.3, 0.4) is 0 Å². The summed E-state index contributed by atoms with van der Waals surface area (Å²) in [6.07, 6.45) is 1.19. The van der Waals surface area contributed by atoms with Crippen LogP contribution in [0.4, 0.5) is 5.69 Å². The van der Waals surface area contributed by atoms with Crippen molar-refractivity contribution >= 4 is 33.4 Å². The first-order chi connectivity index (χ1) is 15.3. The van der Waals surface area contributed by atoms with Crippen LogP contribution in [-0.2, 0) is 22.3 Å². The second-order valence-electron chi connectivity index (χ2n) is 7.60. The van der Waals surface area contributed by atoms with Gasteiger partial charge in [0.2, 0.25) is 10.0 Å². The lowest BCUT2D eigenvalue weighted by molar-refractivity contribution is 0.0956. The highest BCUT2D eigenvalue weighted by atomic mass is 32.2. The Kier molecular flexibility index (Phi) is 8.36. The average Bonchev–Trinajstić information content (AvgIpc) is 2.78. The van der Waals surface area contributed by atoms with E-state index in [4.69, 9.17) is 0 Å². The van der Waals surface area contributed by atoms with Gasteiger partial charge in [-0.3, -0.25) is 9.10 Å². The van der Waals surface area contributed by atoms with Gasteiger partial charge in [0, 0.05) is 23.6 Å². The Morgan fingerprint density at radius 2 is 1.53 bits per heavy atom. The van der Waals surface area contributed by atoms with Crippen molar-refractivity contribution < 1.29 is 13.2 Å². The van der Waals surface area contributed by atoms with Crippen LogP contribution in [0.2, 0.25) is 0 Å². The number of para-hydroxylation sites is 1. The molecule has 3 aromatic rings. The molecule has 7 heteroatoms. The second-order valence-corrected chi connectivity index (χ2v) is 10.6. The van der Waals surface area contributed by atoms with Crippen molar-refractivity contribution in [2.24, 2.45) is 0 Å². The van der Waals surface area contributed by atoms with Crippen LogP contribution in [0.25, 0.3) is 0 Å². The number of carbonyl (C=O) groups is 1. The number of benzene rings is 3. The molecule has 0 fully saturated rings. The highest BCUT2D eigenvalue weighted by Crippen LogP contribution is 2.20. The number of sulfonamides is 1. The lowest BCUT2D eigenvalue weighted by Crippen LogP contribution is -2.29. The zero-order valence-corrected chi connectivity index (χ0v) is 20.0. The van der Waals surface area contributed by atoms with E-state index < -0.39 is 10.0 Å². The minimum absolute atomic E-state index is 0.129. The maximum atomic E-state index is 12.4. The summed E-state index contributed by atoms with van der Waals surface area (Å²) in [5.74, 6) is 1.62. The minimum atomic E-state index is -3.43. The van der Waals surface area contributed by atoms with Crippen LogP contribution in [0.1, 0.15) is 27.0 Å². The van der Waals surface area contributed by atoms with Crippen molar-refractivity contribution in [1.29, 1.82) is 0 Å². The third-order valence-corrected chi connectivity index (χ3v) is 7.08. The number of rotatable bonds is 10. The van der Waals surface area contributed by atoms with E-state index >= 15 is 0 Å². The van der Waals surface area contributed by atoms with Crippen molar-refractivity contribution in [3.8, 4) is 0 Å². The lowest BCUT2D eigenvalue weighted by atomic mass is 10.1. The monoisotopic (exact) mass is 468 g/mol. The van der Waals surface area contributed by atoms with Gasteiger partial charge in [-0.1, -0.05) is 60.2 Å². The van der Waals surface area contributed by atoms with E-state index in [1.54, 1.807) is 60.3 Å². The molecule has 0 aliphatic heterocycles. The van der Waals surface area contributed by atoms with Crippen molar-refractivity contribution in [3.05, 3.63) is 101 Å². The number of nitrogens with one attached hydrogen (secondary N) is 1. The Morgan fingerprint density at radius 1 is 0.906 bits per heavy atom. The van der Waals surface area contributed by atoms with E-state index in [1.165, 1.54) is 21.7 Å². The molecule has 0 atom stereocenters. The highest BCUT2D eigenvalue weighted by molar-refractivity contribution is 7.98. The fourth-order valence-electron chi connectivity index (χ4n) is 3.13. The highest BCUT2D eigenvalue weighted by Gasteiger charge is 2.17. The number of hydrogen-bond donors (Lipinski definition) is 1. The molecule has 0 aromatic heterocycles. The molecule has 0 aliphatic rings. The van der Waals surface area contributed by atoms with E-state index in [-0.39, 0.29) is 12.5 Å². The van der Waals surface area contributed by atoms with Gasteiger partial charge in [0.1, 0.15) is 0 Å². The maximum Gasteiger partial charge on any atom is 0.251 e. The molecule has 5 nitrogen and oxygen atoms in total. The van der Waals surface area contributed by atoms with Crippen molar-refractivity contribution in [2.45, 2.75) is 19.2 Å². The fourth-order valence-corrected chi connectivity index (χ4v) is 4.84. The van der Waals surface area contributed by atoms with Crippen LogP contribution < -0.4 is 9.62 Å². The van der Waals surface area contributed by atoms with Gasteiger partial charge in [-0.2, -0.15) is 11.8 Å². The van der Waals surface area contributed by atoms with Gasteiger partial charge in [-0.15, -0.1) is 0 Å². The molecule has 0 radical (unpaired) electrons. The second kappa shape index (κ2) is 11.2. The predicted molar refractivity (Wildman–Crippen MR) is 134 cm³/mol. The smallest absolute Gasteiger partial charge is 0.251 e. The molecule has 0 bridgehead atoms. The molecule has 32 heavy (non-hydrogen) atoms. The Hall–Kier alpha value is -2.77. The van der Waals surface area contributed by atoms with Crippen molar-refractivity contribution in [3.63, 3.8) is 0 Å². The van der Waals surface area contributed by atoms with Gasteiger partial charge >= 0.3 is 0 Å². The molecule has 1 N–H and O–H groups in total.